The summed E-state index contributed by atoms with van der Waals surface area (Å²) in [4.78, 5) is 4.47. The lowest BCUT2D eigenvalue weighted by atomic mass is 10.1. The highest BCUT2D eigenvalue weighted by molar-refractivity contribution is 7.98. The summed E-state index contributed by atoms with van der Waals surface area (Å²) in [6.45, 7) is 0. The number of nitrogens with zero attached hydrogens (tertiary/aromatic N) is 3. The normalized spacial score (nSPS) is 15.4. The molecule has 126 valence electrons. The van der Waals surface area contributed by atoms with Crippen LogP contribution in [-0.4, -0.2) is 21.4 Å². The van der Waals surface area contributed by atoms with Gasteiger partial charge in [0.2, 0.25) is 11.0 Å². The highest BCUT2D eigenvalue weighted by Gasteiger charge is 2.27. The molecule has 5 nitrogen and oxygen atoms in total. The van der Waals surface area contributed by atoms with Crippen LogP contribution in [0.2, 0.25) is 10.0 Å². The maximum atomic E-state index is 6.39. The van der Waals surface area contributed by atoms with Crippen molar-refractivity contribution in [3.05, 3.63) is 58.1 Å². The largest absolute Gasteiger partial charge is 0.448 e. The first kappa shape index (κ1) is 16.4. The molecule has 0 saturated carbocycles. The zero-order chi connectivity index (χ0) is 17.4. The molecule has 4 rings (SSSR count). The van der Waals surface area contributed by atoms with Gasteiger partial charge < -0.3 is 10.1 Å². The summed E-state index contributed by atoms with van der Waals surface area (Å²) in [5.41, 5.74) is 3.03. The summed E-state index contributed by atoms with van der Waals surface area (Å²) in [6.07, 6.45) is 1.33. The third-order valence-corrected chi connectivity index (χ3v) is 5.15. The van der Waals surface area contributed by atoms with Crippen LogP contribution in [0.15, 0.2) is 47.6 Å². The summed E-state index contributed by atoms with van der Waals surface area (Å²) < 4.78 is 6.12. The molecule has 1 aliphatic rings. The van der Waals surface area contributed by atoms with Crippen molar-refractivity contribution in [3.8, 4) is 17.1 Å². The molecule has 0 unspecified atom stereocenters. The quantitative estimate of drug-likeness (QED) is 0.616. The lowest BCUT2D eigenvalue weighted by Gasteiger charge is -2.20. The van der Waals surface area contributed by atoms with Crippen LogP contribution < -0.4 is 10.1 Å². The van der Waals surface area contributed by atoms with E-state index < -0.39 is 6.23 Å². The van der Waals surface area contributed by atoms with E-state index in [1.165, 1.54) is 11.8 Å². The molecule has 1 atom stereocenters. The number of anilines is 1. The van der Waals surface area contributed by atoms with Gasteiger partial charge in [-0.25, -0.2) is 0 Å². The Morgan fingerprint density at radius 2 is 1.92 bits per heavy atom. The summed E-state index contributed by atoms with van der Waals surface area (Å²) in [6, 6.07) is 13.2. The van der Waals surface area contributed by atoms with E-state index >= 15 is 0 Å². The molecule has 2 heterocycles. The molecule has 1 N–H and O–H groups in total. The molecule has 0 fully saturated rings. The van der Waals surface area contributed by atoms with E-state index in [2.05, 4.69) is 20.5 Å². The summed E-state index contributed by atoms with van der Waals surface area (Å²) in [5, 5.41) is 13.2. The van der Waals surface area contributed by atoms with Gasteiger partial charge in [-0.3, -0.25) is 0 Å². The molecule has 25 heavy (non-hydrogen) atoms. The van der Waals surface area contributed by atoms with E-state index in [0.29, 0.717) is 26.8 Å². The van der Waals surface area contributed by atoms with Crippen molar-refractivity contribution in [1.29, 1.82) is 0 Å². The standard InChI is InChI=1S/C17H12Cl2N4OS/c1-25-17-21-16-14(22-23-17)9-5-2-3-8-12(9)20-15(24-16)10-6-4-7-11(18)13(10)19/h2-8,15,20H,1H3/t15-/m1/s1. The van der Waals surface area contributed by atoms with Crippen molar-refractivity contribution in [2.24, 2.45) is 0 Å². The first-order valence-corrected chi connectivity index (χ1v) is 9.40. The number of ether oxygens (including phenoxy) is 1. The topological polar surface area (TPSA) is 59.9 Å². The van der Waals surface area contributed by atoms with E-state index in [4.69, 9.17) is 27.9 Å². The fourth-order valence-corrected chi connectivity index (χ4v) is 3.30. The van der Waals surface area contributed by atoms with Crippen LogP contribution in [0.25, 0.3) is 11.3 Å². The van der Waals surface area contributed by atoms with E-state index in [9.17, 15) is 0 Å². The molecular weight excluding hydrogens is 379 g/mol. The summed E-state index contributed by atoms with van der Waals surface area (Å²) in [7, 11) is 0. The van der Waals surface area contributed by atoms with Gasteiger partial charge in [0.1, 0.15) is 0 Å². The predicted octanol–water partition coefficient (Wildman–Crippen LogP) is 5.07. The SMILES string of the molecule is CSc1nnc2c(n1)O[C@H](c1cccc(Cl)c1Cl)Nc1ccccc1-2. The predicted molar refractivity (Wildman–Crippen MR) is 100 cm³/mol. The molecular formula is C17H12Cl2N4OS. The molecule has 0 bridgehead atoms. The summed E-state index contributed by atoms with van der Waals surface area (Å²) >= 11 is 14.0. The van der Waals surface area contributed by atoms with Gasteiger partial charge in [-0.05, 0) is 18.4 Å². The van der Waals surface area contributed by atoms with Crippen molar-refractivity contribution in [3.63, 3.8) is 0 Å². The third kappa shape index (κ3) is 3.01. The van der Waals surface area contributed by atoms with Crippen molar-refractivity contribution < 1.29 is 4.74 Å². The third-order valence-electron chi connectivity index (χ3n) is 3.78. The van der Waals surface area contributed by atoms with Crippen LogP contribution in [-0.2, 0) is 0 Å². The van der Waals surface area contributed by atoms with Crippen molar-refractivity contribution in [2.75, 3.05) is 11.6 Å². The highest BCUT2D eigenvalue weighted by Crippen LogP contribution is 2.41. The number of para-hydroxylation sites is 1. The van der Waals surface area contributed by atoms with Crippen LogP contribution in [0.1, 0.15) is 11.8 Å². The highest BCUT2D eigenvalue weighted by atomic mass is 35.5. The Hall–Kier alpha value is -2.02. The number of halogens is 2. The average Bonchev–Trinajstić information content (AvgIpc) is 2.80. The van der Waals surface area contributed by atoms with E-state index in [1.807, 2.05) is 42.7 Å². The first-order valence-electron chi connectivity index (χ1n) is 7.42. The smallest absolute Gasteiger partial charge is 0.247 e. The van der Waals surface area contributed by atoms with E-state index in [-0.39, 0.29) is 0 Å². The van der Waals surface area contributed by atoms with Gasteiger partial charge in [0.05, 0.1) is 10.0 Å². The Kier molecular flexibility index (Phi) is 4.41. The Bertz CT molecular complexity index is 954. The van der Waals surface area contributed by atoms with Crippen molar-refractivity contribution in [2.45, 2.75) is 11.4 Å². The van der Waals surface area contributed by atoms with Crippen molar-refractivity contribution >= 4 is 40.7 Å². The molecule has 0 aliphatic carbocycles. The number of nitrogens with one attached hydrogen (secondary N) is 1. The van der Waals surface area contributed by atoms with Gasteiger partial charge in [-0.2, -0.15) is 4.98 Å². The lowest BCUT2D eigenvalue weighted by molar-refractivity contribution is 0.225. The number of rotatable bonds is 2. The van der Waals surface area contributed by atoms with Crippen LogP contribution in [0.5, 0.6) is 5.88 Å². The van der Waals surface area contributed by atoms with Gasteiger partial charge in [0.15, 0.2) is 11.9 Å². The van der Waals surface area contributed by atoms with Gasteiger partial charge in [0.25, 0.3) is 0 Å². The van der Waals surface area contributed by atoms with Crippen molar-refractivity contribution in [1.82, 2.24) is 15.2 Å². The van der Waals surface area contributed by atoms with Crippen LogP contribution in [0, 0.1) is 0 Å². The fourth-order valence-electron chi connectivity index (χ4n) is 2.60. The maximum Gasteiger partial charge on any atom is 0.247 e. The van der Waals surface area contributed by atoms with Crippen LogP contribution >= 0.6 is 35.0 Å². The molecule has 0 saturated heterocycles. The number of hydrogen-bond donors (Lipinski definition) is 1. The second-order valence-electron chi connectivity index (χ2n) is 5.28. The van der Waals surface area contributed by atoms with E-state index in [0.717, 1.165) is 16.8 Å². The second-order valence-corrected chi connectivity index (χ2v) is 6.84. The van der Waals surface area contributed by atoms with Gasteiger partial charge in [-0.1, -0.05) is 65.3 Å². The zero-order valence-electron chi connectivity index (χ0n) is 13.0. The lowest BCUT2D eigenvalue weighted by Crippen LogP contribution is -2.17. The number of benzene rings is 2. The monoisotopic (exact) mass is 390 g/mol. The minimum atomic E-state index is -0.556. The molecule has 3 aromatic rings. The minimum absolute atomic E-state index is 0.401. The summed E-state index contributed by atoms with van der Waals surface area (Å²) in [5.74, 6) is 0.401. The van der Waals surface area contributed by atoms with Gasteiger partial charge in [0, 0.05) is 16.8 Å². The Morgan fingerprint density at radius 1 is 1.08 bits per heavy atom. The molecule has 0 amide bonds. The molecule has 1 aliphatic heterocycles. The molecule has 8 heteroatoms. The Morgan fingerprint density at radius 3 is 2.76 bits per heavy atom. The molecule has 2 aromatic carbocycles. The number of fused-ring (bicyclic) bond motifs is 3. The first-order chi connectivity index (χ1) is 12.2. The second kappa shape index (κ2) is 6.71. The number of thioether (sulfide) groups is 1. The average molecular weight is 391 g/mol. The fraction of sp³-hybridized carbons (Fsp3) is 0.118. The van der Waals surface area contributed by atoms with Gasteiger partial charge in [-0.15, -0.1) is 10.2 Å². The maximum absolute atomic E-state index is 6.39. The van der Waals surface area contributed by atoms with Gasteiger partial charge >= 0.3 is 0 Å². The Balaban J connectivity index is 1.89. The van der Waals surface area contributed by atoms with Crippen LogP contribution in [0.4, 0.5) is 5.69 Å². The molecule has 0 radical (unpaired) electrons. The zero-order valence-corrected chi connectivity index (χ0v) is 15.4. The Labute approximate surface area is 158 Å². The van der Waals surface area contributed by atoms with Crippen LogP contribution in [0.3, 0.4) is 0 Å². The number of aromatic nitrogens is 3. The molecule has 1 aromatic heterocycles. The van der Waals surface area contributed by atoms with E-state index in [1.54, 1.807) is 6.07 Å². The minimum Gasteiger partial charge on any atom is -0.448 e. The molecule has 0 spiro atoms. The number of hydrogen-bond acceptors (Lipinski definition) is 6.